The molecule has 56 valence electrons. The van der Waals surface area contributed by atoms with E-state index in [1.54, 1.807) is 11.0 Å². The Hall–Kier alpha value is -0.990. The Labute approximate surface area is 60.9 Å². The quantitative estimate of drug-likeness (QED) is 0.469. The van der Waals surface area contributed by atoms with Gasteiger partial charge in [0.1, 0.15) is 0 Å². The Morgan fingerprint density at radius 2 is 2.10 bits per heavy atom. The third-order valence-electron chi connectivity index (χ3n) is 1.64. The molecule has 1 amide bonds. The monoisotopic (exact) mass is 140 g/mol. The summed E-state index contributed by atoms with van der Waals surface area (Å²) in [6.45, 7) is 1.72. The minimum atomic E-state index is 0.0874. The number of amides is 1. The van der Waals surface area contributed by atoms with Gasteiger partial charge in [-0.1, -0.05) is 0 Å². The second-order valence-electron chi connectivity index (χ2n) is 2.56. The van der Waals surface area contributed by atoms with Crippen LogP contribution in [0.4, 0.5) is 0 Å². The van der Waals surface area contributed by atoms with Crippen LogP contribution in [0, 0.1) is 0 Å². The van der Waals surface area contributed by atoms with E-state index in [1.807, 2.05) is 25.2 Å². The summed E-state index contributed by atoms with van der Waals surface area (Å²) in [4.78, 5) is 14.7. The van der Waals surface area contributed by atoms with Gasteiger partial charge in [-0.3, -0.25) is 4.79 Å². The van der Waals surface area contributed by atoms with E-state index in [2.05, 4.69) is 0 Å². The molecule has 0 N–H and O–H groups in total. The van der Waals surface area contributed by atoms with Crippen LogP contribution in [0.3, 0.4) is 0 Å². The molecular formula is C7H12N2O. The van der Waals surface area contributed by atoms with Crippen LogP contribution in [-0.4, -0.2) is 42.9 Å². The van der Waals surface area contributed by atoms with E-state index in [0.29, 0.717) is 0 Å². The van der Waals surface area contributed by atoms with Crippen LogP contribution in [0.5, 0.6) is 0 Å². The van der Waals surface area contributed by atoms with Gasteiger partial charge in [-0.2, -0.15) is 0 Å². The summed E-state index contributed by atoms with van der Waals surface area (Å²) in [5, 5.41) is 0. The fourth-order valence-corrected chi connectivity index (χ4v) is 0.811. The first-order valence-electron chi connectivity index (χ1n) is 3.33. The summed E-state index contributed by atoms with van der Waals surface area (Å²) in [7, 11) is 3.77. The number of likely N-dealkylation sites (N-methyl/N-ethyl adjacent to an activating group) is 2. The van der Waals surface area contributed by atoms with Gasteiger partial charge in [0.15, 0.2) is 0 Å². The molecule has 10 heavy (non-hydrogen) atoms. The molecule has 0 saturated carbocycles. The average molecular weight is 140 g/mol. The molecule has 1 heterocycles. The molecule has 0 radical (unpaired) electrons. The zero-order valence-corrected chi connectivity index (χ0v) is 6.37. The maximum Gasteiger partial charge on any atom is 0.247 e. The molecule has 0 atom stereocenters. The molecule has 0 spiro atoms. The lowest BCUT2D eigenvalue weighted by molar-refractivity contribution is -0.124. The van der Waals surface area contributed by atoms with Crippen molar-refractivity contribution in [2.75, 3.05) is 27.2 Å². The first-order chi connectivity index (χ1) is 4.70. The molecule has 3 heteroatoms. The minimum Gasteiger partial charge on any atom is -0.378 e. The van der Waals surface area contributed by atoms with Gasteiger partial charge in [-0.05, 0) is 0 Å². The Kier molecular flexibility index (Phi) is 1.94. The molecule has 3 nitrogen and oxygen atoms in total. The van der Waals surface area contributed by atoms with Crippen molar-refractivity contribution in [2.24, 2.45) is 0 Å². The fraction of sp³-hybridized carbons (Fsp3) is 0.571. The van der Waals surface area contributed by atoms with Gasteiger partial charge in [-0.25, -0.2) is 0 Å². The minimum absolute atomic E-state index is 0.0874. The number of nitrogens with zero attached hydrogens (tertiary/aromatic N) is 2. The van der Waals surface area contributed by atoms with Crippen molar-refractivity contribution in [3.05, 3.63) is 12.3 Å². The first-order valence-corrected chi connectivity index (χ1v) is 3.33. The summed E-state index contributed by atoms with van der Waals surface area (Å²) < 4.78 is 0. The number of carbonyl (C=O) groups is 1. The molecule has 0 bridgehead atoms. The summed E-state index contributed by atoms with van der Waals surface area (Å²) in [6.07, 6.45) is 3.40. The number of hydrogen-bond acceptors (Lipinski definition) is 2. The highest BCUT2D eigenvalue weighted by atomic mass is 16.2. The Morgan fingerprint density at radius 3 is 2.80 bits per heavy atom. The van der Waals surface area contributed by atoms with Gasteiger partial charge in [0.2, 0.25) is 5.91 Å². The third-order valence-corrected chi connectivity index (χ3v) is 1.64. The van der Waals surface area contributed by atoms with Crippen molar-refractivity contribution in [1.29, 1.82) is 0 Å². The highest BCUT2D eigenvalue weighted by molar-refractivity contribution is 5.87. The molecule has 0 aromatic carbocycles. The Balaban J connectivity index is 2.62. The van der Waals surface area contributed by atoms with Crippen LogP contribution < -0.4 is 0 Å². The fourth-order valence-electron chi connectivity index (χ4n) is 0.811. The smallest absolute Gasteiger partial charge is 0.247 e. The van der Waals surface area contributed by atoms with Crippen molar-refractivity contribution >= 4 is 5.91 Å². The summed E-state index contributed by atoms with van der Waals surface area (Å²) in [5.74, 6) is 0.0874. The lowest BCUT2D eigenvalue weighted by atomic mass is 10.5. The summed E-state index contributed by atoms with van der Waals surface area (Å²) in [5.41, 5.74) is 0. The summed E-state index contributed by atoms with van der Waals surface area (Å²) in [6, 6.07) is 0. The largest absolute Gasteiger partial charge is 0.378 e. The topological polar surface area (TPSA) is 23.6 Å². The van der Waals surface area contributed by atoms with E-state index in [-0.39, 0.29) is 5.91 Å². The molecule has 1 rings (SSSR count). The molecular weight excluding hydrogens is 128 g/mol. The van der Waals surface area contributed by atoms with Crippen LogP contribution in [-0.2, 0) is 4.79 Å². The van der Waals surface area contributed by atoms with E-state index in [4.69, 9.17) is 0 Å². The van der Waals surface area contributed by atoms with Crippen molar-refractivity contribution in [3.63, 3.8) is 0 Å². The van der Waals surface area contributed by atoms with Crippen molar-refractivity contribution in [2.45, 2.75) is 0 Å². The maximum atomic E-state index is 11.0. The van der Waals surface area contributed by atoms with Gasteiger partial charge >= 0.3 is 0 Å². The second-order valence-corrected chi connectivity index (χ2v) is 2.56. The molecule has 1 aliphatic rings. The van der Waals surface area contributed by atoms with Gasteiger partial charge in [0.25, 0.3) is 0 Å². The normalized spacial score (nSPS) is 19.6. The second kappa shape index (κ2) is 2.73. The average Bonchev–Trinajstić information content (AvgIpc) is 2.04. The highest BCUT2D eigenvalue weighted by Gasteiger charge is 2.08. The van der Waals surface area contributed by atoms with Crippen molar-refractivity contribution < 1.29 is 4.79 Å². The van der Waals surface area contributed by atoms with Crippen LogP contribution >= 0.6 is 0 Å². The number of carbonyl (C=O) groups excluding carboxylic acids is 1. The highest BCUT2D eigenvalue weighted by Crippen LogP contribution is 1.95. The maximum absolute atomic E-state index is 11.0. The third kappa shape index (κ3) is 1.50. The van der Waals surface area contributed by atoms with Crippen LogP contribution in [0.25, 0.3) is 0 Å². The van der Waals surface area contributed by atoms with E-state index >= 15 is 0 Å². The predicted octanol–water partition coefficient (Wildman–Crippen LogP) is -0.0961. The predicted molar refractivity (Wildman–Crippen MR) is 39.4 cm³/mol. The molecule has 0 aromatic rings. The zero-order chi connectivity index (χ0) is 7.56. The van der Waals surface area contributed by atoms with Gasteiger partial charge in [-0.15, -0.1) is 0 Å². The van der Waals surface area contributed by atoms with Gasteiger partial charge < -0.3 is 9.80 Å². The van der Waals surface area contributed by atoms with E-state index in [0.717, 1.165) is 13.1 Å². The van der Waals surface area contributed by atoms with Crippen molar-refractivity contribution in [3.8, 4) is 0 Å². The van der Waals surface area contributed by atoms with E-state index in [1.165, 1.54) is 0 Å². The molecule has 0 aliphatic carbocycles. The van der Waals surface area contributed by atoms with Gasteiger partial charge in [0, 0.05) is 39.5 Å². The molecule has 0 fully saturated rings. The molecule has 0 aromatic heterocycles. The lowest BCUT2D eigenvalue weighted by Crippen LogP contribution is -2.28. The number of rotatable bonds is 0. The Bertz CT molecular complexity index is 165. The van der Waals surface area contributed by atoms with Crippen LogP contribution in [0.2, 0.25) is 0 Å². The standard InChI is InChI=1S/C7H12N2O/c1-8-4-3-7(10)9(2)6-5-8/h3-4H,5-6H2,1-2H3. The molecule has 0 saturated heterocycles. The van der Waals surface area contributed by atoms with Crippen LogP contribution in [0.1, 0.15) is 0 Å². The Morgan fingerprint density at radius 1 is 1.40 bits per heavy atom. The van der Waals surface area contributed by atoms with E-state index < -0.39 is 0 Å². The van der Waals surface area contributed by atoms with Crippen LogP contribution in [0.15, 0.2) is 12.3 Å². The van der Waals surface area contributed by atoms with Crippen molar-refractivity contribution in [1.82, 2.24) is 9.80 Å². The SMILES string of the molecule is CN1C=CC(=O)N(C)CC1. The zero-order valence-electron chi connectivity index (χ0n) is 6.37. The molecule has 1 aliphatic heterocycles. The summed E-state index contributed by atoms with van der Waals surface area (Å²) >= 11 is 0. The number of hydrogen-bond donors (Lipinski definition) is 0. The van der Waals surface area contributed by atoms with E-state index in [9.17, 15) is 4.79 Å². The van der Waals surface area contributed by atoms with Gasteiger partial charge in [0.05, 0.1) is 0 Å². The molecule has 0 unspecified atom stereocenters. The lowest BCUT2D eigenvalue weighted by Gasteiger charge is -2.14. The first kappa shape index (κ1) is 7.12.